The number of hydrogen-bond acceptors (Lipinski definition) is 4. The van der Waals surface area contributed by atoms with Gasteiger partial charge in [-0.1, -0.05) is 26.2 Å². The zero-order chi connectivity index (χ0) is 20.5. The molecule has 0 aliphatic heterocycles. The molecule has 0 fully saturated rings. The summed E-state index contributed by atoms with van der Waals surface area (Å²) in [6, 6.07) is 0. The van der Waals surface area contributed by atoms with E-state index in [1.165, 1.54) is 89.9 Å². The third kappa shape index (κ3) is 11.0. The fraction of sp³-hybridized carbons (Fsp3) is 0.783. The van der Waals surface area contributed by atoms with Gasteiger partial charge >= 0.3 is 156 Å². The van der Waals surface area contributed by atoms with Gasteiger partial charge in [-0.25, -0.2) is 0 Å². The molecule has 0 bridgehead atoms. The number of aliphatic hydroxyl groups is 2. The molecule has 0 aromatic carbocycles. The minimum absolute atomic E-state index is 0.113. The van der Waals surface area contributed by atoms with Crippen molar-refractivity contribution < 1.29 is 15.3 Å². The quantitative estimate of drug-likeness (QED) is 0.193. The molecule has 0 amide bonds. The second kappa shape index (κ2) is 17.5. The first-order chi connectivity index (χ1) is 13.7. The molecule has 0 atom stereocenters. The van der Waals surface area contributed by atoms with Gasteiger partial charge in [-0.05, 0) is 0 Å². The van der Waals surface area contributed by atoms with Crippen molar-refractivity contribution in [3.63, 3.8) is 0 Å². The zero-order valence-corrected chi connectivity index (χ0v) is 20.1. The zero-order valence-electron chi connectivity index (χ0n) is 17.8. The molecule has 0 spiro atoms. The van der Waals surface area contributed by atoms with Crippen molar-refractivity contribution in [3.05, 3.63) is 17.3 Å². The van der Waals surface area contributed by atoms with Crippen LogP contribution in [0.25, 0.3) is 0 Å². The van der Waals surface area contributed by atoms with E-state index in [1.54, 1.807) is 6.20 Å². The molecule has 1 rings (SSSR count). The average Bonchev–Trinajstić information content (AvgIpc) is 2.71. The number of nitrogens with zero attached hydrogens (tertiary/aromatic N) is 1. The predicted molar refractivity (Wildman–Crippen MR) is 118 cm³/mol. The molecular weight excluding hydrogens is 466 g/mol. The number of aromatic nitrogens is 1. The number of hydrogen-bond donors (Lipinski definition) is 3. The Labute approximate surface area is 182 Å². The summed E-state index contributed by atoms with van der Waals surface area (Å²) in [5, 5.41) is 28.8. The summed E-state index contributed by atoms with van der Waals surface area (Å²) in [5.74, 6) is 0.113. The Morgan fingerprint density at radius 1 is 0.750 bits per heavy atom. The van der Waals surface area contributed by atoms with Gasteiger partial charge in [0.1, 0.15) is 0 Å². The van der Waals surface area contributed by atoms with E-state index in [0.717, 1.165) is 8.21 Å². The SMILES string of the molecule is CCCCCCCCCCCCCCCC[Te]c1ncc(CO)c(CO)c1O. The molecule has 0 aliphatic rings. The van der Waals surface area contributed by atoms with Crippen molar-refractivity contribution in [3.8, 4) is 5.75 Å². The first-order valence-electron chi connectivity index (χ1n) is 11.3. The number of unbranched alkanes of at least 4 members (excludes halogenated alkanes) is 13. The molecule has 0 saturated carbocycles. The van der Waals surface area contributed by atoms with Crippen LogP contribution < -0.4 is 3.74 Å². The molecule has 0 unspecified atom stereocenters. The standard InChI is InChI=1S/C23H41NO3Te/c1-2-3-4-5-6-7-8-9-10-11-12-13-14-15-16-28-23-22(27)21(19-26)20(18-25)17-24-23/h17,25-27H,2-16,18-19H2,1H3. The van der Waals surface area contributed by atoms with Crippen molar-refractivity contribution in [2.24, 2.45) is 0 Å². The Balaban J connectivity index is 1.97. The molecule has 28 heavy (non-hydrogen) atoms. The average molecular weight is 507 g/mol. The van der Waals surface area contributed by atoms with E-state index in [4.69, 9.17) is 0 Å². The van der Waals surface area contributed by atoms with Crippen LogP contribution in [0.2, 0.25) is 4.47 Å². The Morgan fingerprint density at radius 3 is 1.71 bits per heavy atom. The summed E-state index contributed by atoms with van der Waals surface area (Å²) in [6.07, 6.45) is 20.8. The molecule has 0 saturated heterocycles. The summed E-state index contributed by atoms with van der Waals surface area (Å²) in [4.78, 5) is 4.30. The van der Waals surface area contributed by atoms with Crippen molar-refractivity contribution in [2.45, 2.75) is 114 Å². The number of pyridine rings is 1. The molecule has 1 aromatic rings. The van der Waals surface area contributed by atoms with Crippen molar-refractivity contribution in [1.82, 2.24) is 4.98 Å². The predicted octanol–water partition coefficient (Wildman–Crippen LogP) is 5.00. The van der Waals surface area contributed by atoms with Gasteiger partial charge in [0.15, 0.2) is 0 Å². The van der Waals surface area contributed by atoms with Crippen LogP contribution in [0.4, 0.5) is 0 Å². The molecule has 4 nitrogen and oxygen atoms in total. The third-order valence-corrected chi connectivity index (χ3v) is 8.32. The molecule has 1 heterocycles. The van der Waals surface area contributed by atoms with Crippen LogP contribution in [0.15, 0.2) is 6.20 Å². The van der Waals surface area contributed by atoms with Crippen LogP contribution in [0, 0.1) is 0 Å². The van der Waals surface area contributed by atoms with Crippen LogP contribution in [-0.4, -0.2) is 41.2 Å². The summed E-state index contributed by atoms with van der Waals surface area (Å²) < 4.78 is 1.90. The number of rotatable bonds is 18. The number of aliphatic hydroxyl groups excluding tert-OH is 2. The van der Waals surface area contributed by atoms with Gasteiger partial charge in [-0.3, -0.25) is 0 Å². The van der Waals surface area contributed by atoms with Crippen LogP contribution in [0.3, 0.4) is 0 Å². The summed E-state index contributed by atoms with van der Waals surface area (Å²) in [7, 11) is 0. The van der Waals surface area contributed by atoms with E-state index in [1.807, 2.05) is 0 Å². The fourth-order valence-electron chi connectivity index (χ4n) is 3.44. The van der Waals surface area contributed by atoms with Gasteiger partial charge < -0.3 is 0 Å². The Morgan fingerprint density at radius 2 is 1.25 bits per heavy atom. The van der Waals surface area contributed by atoms with Gasteiger partial charge in [0, 0.05) is 0 Å². The molecule has 3 N–H and O–H groups in total. The first-order valence-corrected chi connectivity index (χ1v) is 14.1. The Kier molecular flexibility index (Phi) is 16.1. The van der Waals surface area contributed by atoms with E-state index < -0.39 is 20.9 Å². The van der Waals surface area contributed by atoms with Gasteiger partial charge in [-0.15, -0.1) is 0 Å². The van der Waals surface area contributed by atoms with Gasteiger partial charge in [-0.2, -0.15) is 0 Å². The van der Waals surface area contributed by atoms with Crippen LogP contribution in [0.1, 0.15) is 108 Å². The minimum atomic E-state index is -0.525. The van der Waals surface area contributed by atoms with E-state index >= 15 is 0 Å². The topological polar surface area (TPSA) is 73.6 Å². The maximum absolute atomic E-state index is 10.2. The Bertz CT molecular complexity index is 511. The van der Waals surface area contributed by atoms with E-state index in [2.05, 4.69) is 11.9 Å². The molecule has 1 aromatic heterocycles. The van der Waals surface area contributed by atoms with Gasteiger partial charge in [0.25, 0.3) is 0 Å². The molecule has 5 heteroatoms. The van der Waals surface area contributed by atoms with Crippen molar-refractivity contribution >= 4 is 24.7 Å². The van der Waals surface area contributed by atoms with Gasteiger partial charge in [0.2, 0.25) is 0 Å². The van der Waals surface area contributed by atoms with Gasteiger partial charge in [0.05, 0.1) is 0 Å². The van der Waals surface area contributed by atoms with E-state index in [-0.39, 0.29) is 19.0 Å². The maximum atomic E-state index is 10.2. The molecular formula is C23H41NO3Te. The summed E-state index contributed by atoms with van der Waals surface area (Å²) >= 11 is -0.525. The Hall–Kier alpha value is -0.340. The molecule has 0 radical (unpaired) electrons. The number of aromatic hydroxyl groups is 1. The second-order valence-corrected chi connectivity index (χ2v) is 10.8. The van der Waals surface area contributed by atoms with Crippen molar-refractivity contribution in [2.75, 3.05) is 0 Å². The third-order valence-electron chi connectivity index (χ3n) is 5.28. The first kappa shape index (κ1) is 25.7. The summed E-state index contributed by atoms with van der Waals surface area (Å²) in [5.41, 5.74) is 0.964. The second-order valence-electron chi connectivity index (χ2n) is 7.68. The normalized spacial score (nSPS) is 11.2. The monoisotopic (exact) mass is 509 g/mol. The molecule has 162 valence electrons. The van der Waals surface area contributed by atoms with E-state index in [9.17, 15) is 15.3 Å². The summed E-state index contributed by atoms with van der Waals surface area (Å²) in [6.45, 7) is 1.83. The fourth-order valence-corrected chi connectivity index (χ4v) is 6.09. The molecule has 0 aliphatic carbocycles. The van der Waals surface area contributed by atoms with Crippen LogP contribution >= 0.6 is 0 Å². The van der Waals surface area contributed by atoms with E-state index in [0.29, 0.717) is 11.1 Å². The van der Waals surface area contributed by atoms with Crippen LogP contribution in [0.5, 0.6) is 5.75 Å². The van der Waals surface area contributed by atoms with Crippen molar-refractivity contribution in [1.29, 1.82) is 0 Å². The van der Waals surface area contributed by atoms with Crippen LogP contribution in [-0.2, 0) is 13.2 Å².